The van der Waals surface area contributed by atoms with Crippen LogP contribution in [0.3, 0.4) is 0 Å². The van der Waals surface area contributed by atoms with Crippen LogP contribution in [-0.2, 0) is 13.0 Å². The van der Waals surface area contributed by atoms with Gasteiger partial charge >= 0.3 is 0 Å². The number of hydrogen-bond donors (Lipinski definition) is 2. The highest BCUT2D eigenvalue weighted by Gasteiger charge is 2.09. The van der Waals surface area contributed by atoms with Gasteiger partial charge in [0.25, 0.3) is 0 Å². The van der Waals surface area contributed by atoms with Gasteiger partial charge in [-0.1, -0.05) is 48.0 Å². The molecule has 0 spiro atoms. The number of aryl methyl sites for hydroxylation is 1. The van der Waals surface area contributed by atoms with Gasteiger partial charge in [0.15, 0.2) is 5.96 Å². The molecule has 2 N–H and O–H groups in total. The van der Waals surface area contributed by atoms with Gasteiger partial charge in [0.1, 0.15) is 10.2 Å². The predicted molar refractivity (Wildman–Crippen MR) is 129 cm³/mol. The molecule has 8 heteroatoms. The maximum absolute atomic E-state index is 5.81. The maximum Gasteiger partial charge on any atom is 0.191 e. The van der Waals surface area contributed by atoms with Gasteiger partial charge in [-0.25, -0.2) is 9.97 Å². The predicted octanol–water partition coefficient (Wildman–Crippen LogP) is 4.69. The minimum atomic E-state index is 0. The van der Waals surface area contributed by atoms with Gasteiger partial charge < -0.3 is 10.6 Å². The van der Waals surface area contributed by atoms with Crippen molar-refractivity contribution < 1.29 is 0 Å². The number of pyridine rings is 1. The van der Waals surface area contributed by atoms with Gasteiger partial charge in [-0.2, -0.15) is 0 Å². The molecule has 0 aliphatic carbocycles. The third kappa shape index (κ3) is 6.42. The average molecular weight is 528 g/mol. The lowest BCUT2D eigenvalue weighted by Crippen LogP contribution is -2.37. The lowest BCUT2D eigenvalue weighted by Gasteiger charge is -2.11. The van der Waals surface area contributed by atoms with Crippen molar-refractivity contribution in [2.75, 3.05) is 13.6 Å². The molecule has 0 radical (unpaired) electrons. The molecule has 0 bridgehead atoms. The SMILES string of the molecule is CN=C(NCCc1ccc(Cl)nc1)NCc1sc(-c2ccccc2)nc1C.I. The van der Waals surface area contributed by atoms with Crippen molar-refractivity contribution in [1.82, 2.24) is 20.6 Å². The van der Waals surface area contributed by atoms with Crippen LogP contribution in [0.25, 0.3) is 10.6 Å². The smallest absolute Gasteiger partial charge is 0.191 e. The number of hydrogen-bond acceptors (Lipinski definition) is 4. The number of aliphatic imine (C=N–C) groups is 1. The zero-order valence-electron chi connectivity index (χ0n) is 15.8. The Bertz CT molecular complexity index is 897. The van der Waals surface area contributed by atoms with Crippen molar-refractivity contribution in [3.63, 3.8) is 0 Å². The summed E-state index contributed by atoms with van der Waals surface area (Å²) >= 11 is 7.52. The first-order valence-corrected chi connectivity index (χ1v) is 9.92. The van der Waals surface area contributed by atoms with Crippen molar-refractivity contribution in [3.8, 4) is 10.6 Å². The Balaban J connectivity index is 0.00000280. The first kappa shape index (κ1) is 22.6. The Morgan fingerprint density at radius 2 is 1.93 bits per heavy atom. The molecule has 0 saturated carbocycles. The Hall–Kier alpha value is -1.71. The van der Waals surface area contributed by atoms with Crippen molar-refractivity contribution in [1.29, 1.82) is 0 Å². The lowest BCUT2D eigenvalue weighted by molar-refractivity contribution is 0.795. The van der Waals surface area contributed by atoms with Crippen LogP contribution < -0.4 is 10.6 Å². The second-order valence-electron chi connectivity index (χ2n) is 5.99. The van der Waals surface area contributed by atoms with Gasteiger partial charge in [0, 0.05) is 30.2 Å². The van der Waals surface area contributed by atoms with E-state index in [1.807, 2.05) is 31.2 Å². The van der Waals surface area contributed by atoms with E-state index in [-0.39, 0.29) is 24.0 Å². The normalized spacial score (nSPS) is 11.0. The van der Waals surface area contributed by atoms with Gasteiger partial charge in [-0.15, -0.1) is 35.3 Å². The van der Waals surface area contributed by atoms with Crippen LogP contribution in [0.15, 0.2) is 53.7 Å². The fraction of sp³-hybridized carbons (Fsp3) is 0.250. The molecule has 3 rings (SSSR count). The van der Waals surface area contributed by atoms with Crippen LogP contribution in [0.1, 0.15) is 16.1 Å². The van der Waals surface area contributed by atoms with E-state index in [1.165, 1.54) is 4.88 Å². The molecule has 0 unspecified atom stereocenters. The van der Waals surface area contributed by atoms with E-state index >= 15 is 0 Å². The number of rotatable bonds is 6. The molecule has 148 valence electrons. The zero-order valence-corrected chi connectivity index (χ0v) is 19.7. The fourth-order valence-electron chi connectivity index (χ4n) is 2.56. The summed E-state index contributed by atoms with van der Waals surface area (Å²) in [5.74, 6) is 0.769. The molecule has 2 heterocycles. The number of halogens is 2. The lowest BCUT2D eigenvalue weighted by atomic mass is 10.2. The number of aromatic nitrogens is 2. The zero-order chi connectivity index (χ0) is 19.1. The molecule has 5 nitrogen and oxygen atoms in total. The summed E-state index contributed by atoms with van der Waals surface area (Å²) in [6.45, 7) is 3.50. The summed E-state index contributed by atoms with van der Waals surface area (Å²) in [7, 11) is 1.77. The summed E-state index contributed by atoms with van der Waals surface area (Å²) in [5.41, 5.74) is 3.33. The highest BCUT2D eigenvalue weighted by molar-refractivity contribution is 14.0. The number of benzene rings is 1. The van der Waals surface area contributed by atoms with E-state index in [0.717, 1.165) is 40.8 Å². The highest BCUT2D eigenvalue weighted by Crippen LogP contribution is 2.27. The monoisotopic (exact) mass is 527 g/mol. The van der Waals surface area contributed by atoms with E-state index in [1.54, 1.807) is 30.6 Å². The van der Waals surface area contributed by atoms with Crippen LogP contribution in [0.5, 0.6) is 0 Å². The Labute approximate surface area is 191 Å². The van der Waals surface area contributed by atoms with Gasteiger partial charge in [0.2, 0.25) is 0 Å². The molecule has 1 aromatic carbocycles. The molecule has 3 aromatic rings. The summed E-state index contributed by atoms with van der Waals surface area (Å²) in [6.07, 6.45) is 2.65. The third-order valence-corrected chi connectivity index (χ3v) is 5.48. The van der Waals surface area contributed by atoms with Crippen molar-refractivity contribution in [3.05, 3.63) is 69.9 Å². The van der Waals surface area contributed by atoms with E-state index in [4.69, 9.17) is 16.6 Å². The molecule has 0 aliphatic rings. The van der Waals surface area contributed by atoms with Gasteiger partial charge in [0.05, 0.1) is 12.2 Å². The van der Waals surface area contributed by atoms with E-state index in [2.05, 4.69) is 32.7 Å². The van der Waals surface area contributed by atoms with E-state index in [0.29, 0.717) is 11.7 Å². The standard InChI is InChI=1S/C20H22ClN5S.HI/c1-14-17(27-19(26-14)16-6-4-3-5-7-16)13-25-20(22-2)23-11-10-15-8-9-18(21)24-12-15;/h3-9,12H,10-11,13H2,1-2H3,(H2,22,23,25);1H. The topological polar surface area (TPSA) is 62.2 Å². The van der Waals surface area contributed by atoms with Crippen LogP contribution >= 0.6 is 46.9 Å². The van der Waals surface area contributed by atoms with Crippen LogP contribution in [0.4, 0.5) is 0 Å². The summed E-state index contributed by atoms with van der Waals surface area (Å²) in [5, 5.41) is 8.24. The minimum absolute atomic E-state index is 0. The molecule has 0 saturated heterocycles. The summed E-state index contributed by atoms with van der Waals surface area (Å²) < 4.78 is 0. The number of thiazole rings is 1. The van der Waals surface area contributed by atoms with Crippen molar-refractivity contribution >= 4 is 52.9 Å². The summed E-state index contributed by atoms with van der Waals surface area (Å²) in [4.78, 5) is 14.3. The molecular formula is C20H23ClIN5S. The fourth-order valence-corrected chi connectivity index (χ4v) is 3.68. The Morgan fingerprint density at radius 1 is 1.14 bits per heavy atom. The Kier molecular flexibility index (Phi) is 9.14. The Morgan fingerprint density at radius 3 is 2.61 bits per heavy atom. The number of guanidine groups is 1. The molecule has 0 atom stereocenters. The second kappa shape index (κ2) is 11.3. The second-order valence-corrected chi connectivity index (χ2v) is 7.46. The third-order valence-electron chi connectivity index (χ3n) is 4.05. The molecule has 0 fully saturated rings. The maximum atomic E-state index is 5.81. The van der Waals surface area contributed by atoms with Crippen LogP contribution in [-0.4, -0.2) is 29.5 Å². The van der Waals surface area contributed by atoms with Gasteiger partial charge in [-0.05, 0) is 25.0 Å². The van der Waals surface area contributed by atoms with Crippen molar-refractivity contribution in [2.45, 2.75) is 19.9 Å². The van der Waals surface area contributed by atoms with E-state index < -0.39 is 0 Å². The molecular weight excluding hydrogens is 505 g/mol. The van der Waals surface area contributed by atoms with Crippen LogP contribution in [0, 0.1) is 6.92 Å². The largest absolute Gasteiger partial charge is 0.356 e. The van der Waals surface area contributed by atoms with Gasteiger partial charge in [-0.3, -0.25) is 4.99 Å². The molecule has 28 heavy (non-hydrogen) atoms. The first-order valence-electron chi connectivity index (χ1n) is 8.72. The van der Waals surface area contributed by atoms with Crippen molar-refractivity contribution in [2.24, 2.45) is 4.99 Å². The molecule has 2 aromatic heterocycles. The van der Waals surface area contributed by atoms with E-state index in [9.17, 15) is 0 Å². The minimum Gasteiger partial charge on any atom is -0.356 e. The summed E-state index contributed by atoms with van der Waals surface area (Å²) in [6, 6.07) is 14.0. The number of nitrogens with one attached hydrogen (secondary N) is 2. The number of nitrogens with zero attached hydrogens (tertiary/aromatic N) is 3. The first-order chi connectivity index (χ1) is 13.2. The van der Waals surface area contributed by atoms with Crippen LogP contribution in [0.2, 0.25) is 5.15 Å². The highest BCUT2D eigenvalue weighted by atomic mass is 127. The molecule has 0 aliphatic heterocycles. The quantitative estimate of drug-likeness (QED) is 0.211. The average Bonchev–Trinajstić information content (AvgIpc) is 3.07. The molecule has 0 amide bonds.